The van der Waals surface area contributed by atoms with E-state index in [0.29, 0.717) is 22.2 Å². The Labute approximate surface area is 231 Å². The molecular weight excluding hydrogens is 515 g/mol. The van der Waals surface area contributed by atoms with Crippen LogP contribution in [-0.2, 0) is 4.57 Å². The number of piperidine rings is 2. The normalized spacial score (nSPS) is 18.0. The lowest BCUT2D eigenvalue weighted by Gasteiger charge is -2.47. The summed E-state index contributed by atoms with van der Waals surface area (Å²) in [6.07, 6.45) is 6.80. The topological polar surface area (TPSA) is 73.4 Å². The minimum absolute atomic E-state index is 0.395. The Kier molecular flexibility index (Phi) is 7.72. The molecule has 2 fully saturated rings. The summed E-state index contributed by atoms with van der Waals surface area (Å²) in [5.41, 5.74) is 4.74. The summed E-state index contributed by atoms with van der Waals surface area (Å²) in [6.45, 7) is 10.4. The molecule has 2 aliphatic rings. The first-order chi connectivity index (χ1) is 18.1. The smallest absolute Gasteiger partial charge is 0.229 e. The number of hydrogen-bond acceptors (Lipinski definition) is 7. The number of anilines is 5. The quantitative estimate of drug-likeness (QED) is 0.339. The monoisotopic (exact) mass is 552 g/mol. The first-order valence-corrected chi connectivity index (χ1v) is 16.4. The highest BCUT2D eigenvalue weighted by molar-refractivity contribution is 7.70. The van der Waals surface area contributed by atoms with E-state index in [2.05, 4.69) is 62.6 Å². The van der Waals surface area contributed by atoms with Crippen LogP contribution >= 0.6 is 18.7 Å². The fourth-order valence-corrected chi connectivity index (χ4v) is 7.02. The van der Waals surface area contributed by atoms with Gasteiger partial charge in [0.2, 0.25) is 5.95 Å². The molecule has 0 amide bonds. The SMILES string of the molecule is Cc1cc(Nc2ncc(Cl)c(Nc3ccccc3P(C)(C)=O)n2)ccc1N1CCC2(CCN(C)CC2)CC1. The van der Waals surface area contributed by atoms with Gasteiger partial charge in [-0.05, 0) is 107 Å². The molecule has 2 saturated heterocycles. The Morgan fingerprint density at radius 1 is 0.974 bits per heavy atom. The van der Waals surface area contributed by atoms with Gasteiger partial charge >= 0.3 is 0 Å². The second kappa shape index (κ2) is 10.9. The van der Waals surface area contributed by atoms with Gasteiger partial charge in [0.05, 0.1) is 11.9 Å². The fourth-order valence-electron chi connectivity index (χ4n) is 5.72. The van der Waals surface area contributed by atoms with Crippen molar-refractivity contribution in [3.63, 3.8) is 0 Å². The molecule has 0 saturated carbocycles. The highest BCUT2D eigenvalue weighted by Crippen LogP contribution is 2.42. The van der Waals surface area contributed by atoms with E-state index >= 15 is 0 Å². The summed E-state index contributed by atoms with van der Waals surface area (Å²) < 4.78 is 12.8. The molecule has 0 aliphatic carbocycles. The van der Waals surface area contributed by atoms with Crippen LogP contribution < -0.4 is 20.8 Å². The number of nitrogens with zero attached hydrogens (tertiary/aromatic N) is 4. The lowest BCUT2D eigenvalue weighted by Crippen LogP contribution is -2.46. The van der Waals surface area contributed by atoms with Gasteiger partial charge in [-0.3, -0.25) is 0 Å². The Morgan fingerprint density at radius 2 is 1.66 bits per heavy atom. The van der Waals surface area contributed by atoms with Crippen molar-refractivity contribution < 1.29 is 4.57 Å². The summed E-state index contributed by atoms with van der Waals surface area (Å²) >= 11 is 6.42. The van der Waals surface area contributed by atoms with Gasteiger partial charge in [-0.1, -0.05) is 23.7 Å². The third kappa shape index (κ3) is 6.01. The maximum atomic E-state index is 12.8. The molecule has 5 rings (SSSR count). The molecular formula is C29H38ClN6OP. The van der Waals surface area contributed by atoms with E-state index in [9.17, 15) is 4.57 Å². The number of nitrogens with one attached hydrogen (secondary N) is 2. The van der Waals surface area contributed by atoms with Crippen LogP contribution in [0.2, 0.25) is 5.02 Å². The van der Waals surface area contributed by atoms with Crippen molar-refractivity contribution >= 4 is 52.9 Å². The molecule has 202 valence electrons. The van der Waals surface area contributed by atoms with Crippen LogP contribution in [0.5, 0.6) is 0 Å². The molecule has 0 atom stereocenters. The first-order valence-electron chi connectivity index (χ1n) is 13.4. The van der Waals surface area contributed by atoms with E-state index in [1.165, 1.54) is 50.0 Å². The molecule has 9 heteroatoms. The molecule has 2 aromatic carbocycles. The van der Waals surface area contributed by atoms with Crippen molar-refractivity contribution in [3.05, 3.63) is 59.2 Å². The molecule has 3 aromatic rings. The third-order valence-electron chi connectivity index (χ3n) is 8.15. The van der Waals surface area contributed by atoms with E-state index < -0.39 is 7.14 Å². The summed E-state index contributed by atoms with van der Waals surface area (Å²) in [5, 5.41) is 7.74. The minimum Gasteiger partial charge on any atom is -0.371 e. The van der Waals surface area contributed by atoms with Crippen LogP contribution in [0.4, 0.5) is 28.8 Å². The molecule has 3 heterocycles. The summed E-state index contributed by atoms with van der Waals surface area (Å²) in [7, 11) is -0.240. The van der Waals surface area contributed by atoms with E-state index in [0.717, 1.165) is 29.8 Å². The zero-order valence-electron chi connectivity index (χ0n) is 22.8. The first kappa shape index (κ1) is 27.0. The number of para-hydroxylation sites is 1. The van der Waals surface area contributed by atoms with E-state index in [4.69, 9.17) is 11.6 Å². The molecule has 1 aromatic heterocycles. The number of aromatic nitrogens is 2. The van der Waals surface area contributed by atoms with E-state index in [-0.39, 0.29) is 0 Å². The average molecular weight is 553 g/mol. The summed E-state index contributed by atoms with van der Waals surface area (Å²) in [5.74, 6) is 0.912. The van der Waals surface area contributed by atoms with Crippen LogP contribution in [0.15, 0.2) is 48.7 Å². The van der Waals surface area contributed by atoms with Gasteiger partial charge in [0.15, 0.2) is 5.82 Å². The lowest BCUT2D eigenvalue weighted by molar-refractivity contribution is 0.0944. The maximum Gasteiger partial charge on any atom is 0.229 e. The van der Waals surface area contributed by atoms with Crippen molar-refractivity contribution in [2.24, 2.45) is 5.41 Å². The highest BCUT2D eigenvalue weighted by atomic mass is 35.5. The van der Waals surface area contributed by atoms with Gasteiger partial charge in [-0.25, -0.2) is 4.98 Å². The van der Waals surface area contributed by atoms with Gasteiger partial charge in [-0.15, -0.1) is 0 Å². The molecule has 7 nitrogen and oxygen atoms in total. The number of aryl methyl sites for hydroxylation is 1. The molecule has 38 heavy (non-hydrogen) atoms. The zero-order valence-corrected chi connectivity index (χ0v) is 24.4. The second-order valence-corrected chi connectivity index (χ2v) is 14.9. The second-order valence-electron chi connectivity index (χ2n) is 11.3. The van der Waals surface area contributed by atoms with Crippen LogP contribution in [0.1, 0.15) is 31.2 Å². The standard InChI is InChI=1S/C29H38ClN6OP/c1-21-19-22(9-10-25(21)36-17-13-29(14-18-36)11-15-35(2)16-12-29)32-28-31-20-23(30)27(34-28)33-24-7-5-6-8-26(24)38(3,4)37/h5-10,19-20H,11-18H2,1-4H3,(H2,31,32,33,34). The molecule has 0 unspecified atom stereocenters. The Bertz CT molecular complexity index is 1340. The predicted molar refractivity (Wildman–Crippen MR) is 161 cm³/mol. The van der Waals surface area contributed by atoms with Crippen LogP contribution in [-0.4, -0.2) is 61.4 Å². The number of halogens is 1. The Hall–Kier alpha value is -2.60. The van der Waals surface area contributed by atoms with Gasteiger partial charge in [0, 0.05) is 29.8 Å². The third-order valence-corrected chi connectivity index (χ3v) is 9.97. The van der Waals surface area contributed by atoms with Crippen molar-refractivity contribution in [2.45, 2.75) is 32.6 Å². The Morgan fingerprint density at radius 3 is 2.34 bits per heavy atom. The number of likely N-dealkylation sites (tertiary alicyclic amines) is 1. The fraction of sp³-hybridized carbons (Fsp3) is 0.448. The van der Waals surface area contributed by atoms with Gasteiger partial charge < -0.3 is 25.0 Å². The summed E-state index contributed by atoms with van der Waals surface area (Å²) in [4.78, 5) is 14.0. The van der Waals surface area contributed by atoms with Crippen molar-refractivity contribution in [2.75, 3.05) is 62.1 Å². The minimum atomic E-state index is -2.48. The van der Waals surface area contributed by atoms with Crippen molar-refractivity contribution in [3.8, 4) is 0 Å². The number of rotatable bonds is 6. The molecule has 1 spiro atoms. The lowest BCUT2D eigenvalue weighted by atomic mass is 9.71. The molecule has 2 aliphatic heterocycles. The van der Waals surface area contributed by atoms with Crippen molar-refractivity contribution in [1.82, 2.24) is 14.9 Å². The molecule has 0 radical (unpaired) electrons. The number of benzene rings is 2. The zero-order chi connectivity index (χ0) is 26.9. The van der Waals surface area contributed by atoms with Crippen molar-refractivity contribution in [1.29, 1.82) is 0 Å². The highest BCUT2D eigenvalue weighted by Gasteiger charge is 2.37. The van der Waals surface area contributed by atoms with Gasteiger partial charge in [-0.2, -0.15) is 4.98 Å². The van der Waals surface area contributed by atoms with Gasteiger partial charge in [0.25, 0.3) is 0 Å². The largest absolute Gasteiger partial charge is 0.371 e. The van der Waals surface area contributed by atoms with Gasteiger partial charge in [0.1, 0.15) is 12.2 Å². The van der Waals surface area contributed by atoms with E-state index in [1.807, 2.05) is 24.3 Å². The predicted octanol–water partition coefficient (Wildman–Crippen LogP) is 6.49. The molecule has 0 bridgehead atoms. The van der Waals surface area contributed by atoms with E-state index in [1.54, 1.807) is 19.5 Å². The summed E-state index contributed by atoms with van der Waals surface area (Å²) in [6, 6.07) is 14.0. The molecule has 2 N–H and O–H groups in total. The average Bonchev–Trinajstić information content (AvgIpc) is 2.89. The maximum absolute atomic E-state index is 12.8. The van der Waals surface area contributed by atoms with Crippen LogP contribution in [0, 0.1) is 12.3 Å². The van der Waals surface area contributed by atoms with Crippen LogP contribution in [0.25, 0.3) is 0 Å². The van der Waals surface area contributed by atoms with Crippen LogP contribution in [0.3, 0.4) is 0 Å². The Balaban J connectivity index is 1.27. The number of hydrogen-bond donors (Lipinski definition) is 2.